The van der Waals surface area contributed by atoms with E-state index in [1.54, 1.807) is 11.9 Å². The maximum atomic E-state index is 13.7. The molecule has 1 atom stereocenters. The molecule has 3 heterocycles. The topological polar surface area (TPSA) is 59.3 Å². The first-order valence-corrected chi connectivity index (χ1v) is 14.2. The molecule has 3 aromatic rings. The number of rotatable bonds is 6. The zero-order valence-corrected chi connectivity index (χ0v) is 23.4. The first-order chi connectivity index (χ1) is 19.9. The Bertz CT molecular complexity index is 1430. The lowest BCUT2D eigenvalue weighted by molar-refractivity contribution is -0.143. The van der Waals surface area contributed by atoms with Gasteiger partial charge in [0.15, 0.2) is 0 Å². The molecule has 2 aromatic carbocycles. The van der Waals surface area contributed by atoms with Crippen LogP contribution in [0.1, 0.15) is 77.1 Å². The number of halogens is 6. The van der Waals surface area contributed by atoms with Crippen LogP contribution < -0.4 is 9.80 Å². The second-order valence-corrected chi connectivity index (χ2v) is 11.6. The number of benzene rings is 2. The van der Waals surface area contributed by atoms with Gasteiger partial charge >= 0.3 is 12.4 Å². The third-order valence-corrected chi connectivity index (χ3v) is 8.72. The zero-order valence-electron chi connectivity index (χ0n) is 23.4. The first-order valence-electron chi connectivity index (χ1n) is 14.2. The van der Waals surface area contributed by atoms with E-state index < -0.39 is 29.5 Å². The fraction of sp³-hybridized carbons (Fsp3) is 0.552. The monoisotopic (exact) mass is 594 g/mol. The molecule has 0 N–H and O–H groups in total. The number of tetrazole rings is 1. The number of anilines is 2. The SMILES string of the molecule is Cc1c2c(cc3c1N(CC1CCC1)CCC[C@@H]3N(Cc1cc(C(F)(F)F)cc(C(F)(F)F)c1)c1nnn(C)n1)COC2. The van der Waals surface area contributed by atoms with E-state index in [-0.39, 0.29) is 24.1 Å². The normalized spacial score (nSPS) is 19.3. The van der Waals surface area contributed by atoms with Crippen molar-refractivity contribution in [2.45, 2.75) is 77.2 Å². The van der Waals surface area contributed by atoms with Crippen LogP contribution in [0.5, 0.6) is 0 Å². The Hall–Kier alpha value is -3.35. The number of aromatic nitrogens is 4. The summed E-state index contributed by atoms with van der Waals surface area (Å²) < 4.78 is 88.1. The Labute approximate surface area is 239 Å². The fourth-order valence-electron chi connectivity index (χ4n) is 6.46. The third-order valence-electron chi connectivity index (χ3n) is 8.72. The summed E-state index contributed by atoms with van der Waals surface area (Å²) in [5, 5.41) is 12.5. The van der Waals surface area contributed by atoms with E-state index in [9.17, 15) is 26.3 Å². The summed E-state index contributed by atoms with van der Waals surface area (Å²) in [7, 11) is 1.57. The van der Waals surface area contributed by atoms with Crippen LogP contribution >= 0.6 is 0 Å². The van der Waals surface area contributed by atoms with E-state index in [1.807, 2.05) is 0 Å². The van der Waals surface area contributed by atoms with Crippen molar-refractivity contribution >= 4 is 11.6 Å². The van der Waals surface area contributed by atoms with Crippen molar-refractivity contribution in [2.75, 3.05) is 22.9 Å². The van der Waals surface area contributed by atoms with Crippen molar-refractivity contribution in [3.05, 3.63) is 63.2 Å². The molecule has 7 nitrogen and oxygen atoms in total. The number of nitrogens with zero attached hydrogens (tertiary/aromatic N) is 6. The van der Waals surface area contributed by atoms with Gasteiger partial charge in [-0.25, -0.2) is 0 Å². The highest BCUT2D eigenvalue weighted by Gasteiger charge is 2.39. The molecule has 0 unspecified atom stereocenters. The number of fused-ring (bicyclic) bond motifs is 2. The molecule has 1 saturated carbocycles. The third kappa shape index (κ3) is 5.55. The molecule has 42 heavy (non-hydrogen) atoms. The highest BCUT2D eigenvalue weighted by molar-refractivity contribution is 5.67. The highest BCUT2D eigenvalue weighted by Crippen LogP contribution is 2.45. The number of ether oxygens (including phenoxy) is 1. The van der Waals surface area contributed by atoms with Gasteiger partial charge in [0, 0.05) is 25.3 Å². The van der Waals surface area contributed by atoms with Crippen molar-refractivity contribution in [2.24, 2.45) is 13.0 Å². The lowest BCUT2D eigenvalue weighted by Crippen LogP contribution is -2.34. The molecule has 0 bridgehead atoms. The van der Waals surface area contributed by atoms with Crippen LogP contribution in [0.4, 0.5) is 38.0 Å². The van der Waals surface area contributed by atoms with Crippen molar-refractivity contribution in [1.29, 1.82) is 0 Å². The molecule has 0 amide bonds. The predicted molar refractivity (Wildman–Crippen MR) is 143 cm³/mol. The molecular weight excluding hydrogens is 562 g/mol. The Kier molecular flexibility index (Phi) is 7.35. The molecule has 13 heteroatoms. The molecule has 6 rings (SSSR count). The zero-order chi connectivity index (χ0) is 29.8. The molecule has 0 saturated heterocycles. The lowest BCUT2D eigenvalue weighted by Gasteiger charge is -2.37. The van der Waals surface area contributed by atoms with Crippen molar-refractivity contribution in [3.63, 3.8) is 0 Å². The number of hydrogen-bond acceptors (Lipinski definition) is 6. The number of hydrogen-bond donors (Lipinski definition) is 0. The van der Waals surface area contributed by atoms with E-state index in [1.165, 1.54) is 24.1 Å². The molecular formula is C29H32F6N6O. The average molecular weight is 595 g/mol. The minimum atomic E-state index is -4.94. The van der Waals surface area contributed by atoms with Crippen LogP contribution in [0.3, 0.4) is 0 Å². The largest absolute Gasteiger partial charge is 0.416 e. The van der Waals surface area contributed by atoms with Gasteiger partial charge < -0.3 is 14.5 Å². The van der Waals surface area contributed by atoms with Crippen LogP contribution in [0, 0.1) is 12.8 Å². The Morgan fingerprint density at radius 3 is 2.26 bits per heavy atom. The minimum absolute atomic E-state index is 0.136. The van der Waals surface area contributed by atoms with Gasteiger partial charge in [-0.3, -0.25) is 0 Å². The Morgan fingerprint density at radius 2 is 1.67 bits per heavy atom. The molecule has 1 aliphatic carbocycles. The van der Waals surface area contributed by atoms with E-state index in [0.29, 0.717) is 25.6 Å². The Morgan fingerprint density at radius 1 is 0.952 bits per heavy atom. The van der Waals surface area contributed by atoms with Crippen LogP contribution in [0.2, 0.25) is 0 Å². The molecule has 0 radical (unpaired) electrons. The second-order valence-electron chi connectivity index (χ2n) is 11.6. The lowest BCUT2D eigenvalue weighted by atomic mass is 9.84. The van der Waals surface area contributed by atoms with Gasteiger partial charge in [-0.2, -0.15) is 31.1 Å². The van der Waals surface area contributed by atoms with E-state index in [2.05, 4.69) is 33.3 Å². The van der Waals surface area contributed by atoms with Crippen molar-refractivity contribution < 1.29 is 31.1 Å². The molecule has 2 aliphatic heterocycles. The summed E-state index contributed by atoms with van der Waals surface area (Å²) >= 11 is 0. The van der Waals surface area contributed by atoms with Gasteiger partial charge in [0.1, 0.15) is 0 Å². The molecule has 1 fully saturated rings. The highest BCUT2D eigenvalue weighted by atomic mass is 19.4. The standard InChI is InChI=1S/C29H32F6N6O/c1-17-24-16-42-15-20(24)11-23-25(7-4-8-40(26(17)23)13-18-5-3-6-18)41(27-36-38-39(2)37-27)14-19-9-21(28(30,31)32)12-22(10-19)29(33,34)35/h9-12,18,25H,3-8,13-16H2,1-2H3/t25-/m0/s1. The van der Waals surface area contributed by atoms with Gasteiger partial charge in [-0.05, 0) is 95.8 Å². The van der Waals surface area contributed by atoms with E-state index in [0.717, 1.165) is 59.6 Å². The van der Waals surface area contributed by atoms with Crippen molar-refractivity contribution in [3.8, 4) is 0 Å². The Balaban J connectivity index is 1.48. The quantitative estimate of drug-likeness (QED) is 0.295. The summed E-state index contributed by atoms with van der Waals surface area (Å²) in [5.74, 6) is 0.739. The summed E-state index contributed by atoms with van der Waals surface area (Å²) in [6, 6.07) is 3.40. The van der Waals surface area contributed by atoms with Gasteiger partial charge in [0.25, 0.3) is 5.95 Å². The summed E-state index contributed by atoms with van der Waals surface area (Å²) in [5.41, 5.74) is 2.50. The molecule has 0 spiro atoms. The summed E-state index contributed by atoms with van der Waals surface area (Å²) in [6.07, 6.45) is -4.94. The fourth-order valence-corrected chi connectivity index (χ4v) is 6.46. The molecule has 1 aromatic heterocycles. The minimum Gasteiger partial charge on any atom is -0.372 e. The average Bonchev–Trinajstić information content (AvgIpc) is 3.50. The van der Waals surface area contributed by atoms with Crippen LogP contribution in [-0.4, -0.2) is 33.3 Å². The maximum absolute atomic E-state index is 13.7. The maximum Gasteiger partial charge on any atom is 0.416 e. The molecule has 3 aliphatic rings. The number of aryl methyl sites for hydroxylation is 1. The summed E-state index contributed by atoms with van der Waals surface area (Å²) in [4.78, 5) is 5.36. The van der Waals surface area contributed by atoms with Crippen LogP contribution in [0.15, 0.2) is 24.3 Å². The van der Waals surface area contributed by atoms with E-state index in [4.69, 9.17) is 4.74 Å². The van der Waals surface area contributed by atoms with Crippen molar-refractivity contribution in [1.82, 2.24) is 20.2 Å². The smallest absolute Gasteiger partial charge is 0.372 e. The van der Waals surface area contributed by atoms with Gasteiger partial charge in [0.2, 0.25) is 0 Å². The van der Waals surface area contributed by atoms with Gasteiger partial charge in [0.05, 0.1) is 37.4 Å². The van der Waals surface area contributed by atoms with Gasteiger partial charge in [-0.15, -0.1) is 5.10 Å². The van der Waals surface area contributed by atoms with Crippen LogP contribution in [0.25, 0.3) is 0 Å². The van der Waals surface area contributed by atoms with Gasteiger partial charge in [-0.1, -0.05) is 11.5 Å². The van der Waals surface area contributed by atoms with E-state index >= 15 is 0 Å². The first kappa shape index (κ1) is 28.8. The second kappa shape index (κ2) is 10.7. The summed E-state index contributed by atoms with van der Waals surface area (Å²) in [6.45, 7) is 4.48. The van der Waals surface area contributed by atoms with Crippen LogP contribution in [-0.2, 0) is 43.9 Å². The predicted octanol–water partition coefficient (Wildman–Crippen LogP) is 6.73. The number of alkyl halides is 6. The molecule has 226 valence electrons.